The Bertz CT molecular complexity index is 870. The van der Waals surface area contributed by atoms with Gasteiger partial charge in [-0.3, -0.25) is 14.5 Å². The van der Waals surface area contributed by atoms with Crippen LogP contribution in [-0.2, 0) is 19.3 Å². The Morgan fingerprint density at radius 3 is 2.55 bits per heavy atom. The number of nitrogens with zero attached hydrogens (tertiary/aromatic N) is 5. The molecule has 2 fully saturated rings. The summed E-state index contributed by atoms with van der Waals surface area (Å²) in [5.74, 6) is 0. The minimum Gasteiger partial charge on any atom is -0.369 e. The second-order valence-corrected chi connectivity index (χ2v) is 8.70. The Morgan fingerprint density at radius 1 is 1.10 bits per heavy atom. The van der Waals surface area contributed by atoms with E-state index in [0.717, 1.165) is 64.1 Å². The summed E-state index contributed by atoms with van der Waals surface area (Å²) in [5, 5.41) is 4.57. The fourth-order valence-corrected chi connectivity index (χ4v) is 4.81. The van der Waals surface area contributed by atoms with Crippen LogP contribution in [0.1, 0.15) is 36.6 Å². The van der Waals surface area contributed by atoms with Crippen LogP contribution in [0.2, 0.25) is 0 Å². The molecule has 0 radical (unpaired) electrons. The molecular weight excluding hydrogens is 403 g/mol. The maximum absolute atomic E-state index is 13.0. The van der Waals surface area contributed by atoms with Crippen LogP contribution in [0, 0.1) is 6.92 Å². The molecule has 1 aromatic heterocycles. The Labute approximate surface area is 182 Å². The van der Waals surface area contributed by atoms with Gasteiger partial charge in [0.15, 0.2) is 0 Å². The quantitative estimate of drug-likeness (QED) is 0.709. The first-order valence-corrected chi connectivity index (χ1v) is 11.2. The molecule has 0 saturated carbocycles. The average molecular weight is 436 g/mol. The smallest absolute Gasteiger partial charge is 0.369 e. The number of rotatable bonds is 5. The van der Waals surface area contributed by atoms with E-state index < -0.39 is 11.7 Å². The molecule has 0 bridgehead atoms. The summed E-state index contributed by atoms with van der Waals surface area (Å²) in [6.07, 6.45) is 0.231. The number of aromatic nitrogens is 2. The topological polar surface area (TPSA) is 27.5 Å². The van der Waals surface area contributed by atoms with Crippen molar-refractivity contribution in [3.8, 4) is 0 Å². The molecule has 2 aliphatic rings. The number of anilines is 1. The van der Waals surface area contributed by atoms with Gasteiger partial charge >= 0.3 is 6.18 Å². The minimum absolute atomic E-state index is 0.513. The van der Waals surface area contributed by atoms with Crippen LogP contribution in [0.15, 0.2) is 30.5 Å². The minimum atomic E-state index is -4.30. The predicted molar refractivity (Wildman–Crippen MR) is 116 cm³/mol. The van der Waals surface area contributed by atoms with Gasteiger partial charge in [0, 0.05) is 69.3 Å². The van der Waals surface area contributed by atoms with Gasteiger partial charge in [0.1, 0.15) is 0 Å². The molecule has 8 heteroatoms. The highest BCUT2D eigenvalue weighted by Crippen LogP contribution is 2.32. The predicted octanol–water partition coefficient (Wildman–Crippen LogP) is 4.02. The standard InChI is InChI=1S/C23H32F3N5/c1-3-31-16-19(18(2)27-31)15-28-9-5-8-22(17-28)30-12-10-29(11-13-30)21-7-4-6-20(14-21)23(24,25)26/h4,6-7,14,16,22H,3,5,8-13,15,17H2,1-2H3. The molecule has 4 rings (SSSR count). The van der Waals surface area contributed by atoms with Crippen molar-refractivity contribution >= 4 is 5.69 Å². The molecular formula is C23H32F3N5. The summed E-state index contributed by atoms with van der Waals surface area (Å²) in [4.78, 5) is 7.13. The van der Waals surface area contributed by atoms with Crippen LogP contribution in [0.3, 0.4) is 0 Å². The molecule has 170 valence electrons. The lowest BCUT2D eigenvalue weighted by molar-refractivity contribution is -0.137. The van der Waals surface area contributed by atoms with Crippen molar-refractivity contribution in [1.29, 1.82) is 0 Å². The molecule has 3 heterocycles. The van der Waals surface area contributed by atoms with Crippen molar-refractivity contribution in [1.82, 2.24) is 19.6 Å². The maximum Gasteiger partial charge on any atom is 0.416 e. The average Bonchev–Trinajstić information content (AvgIpc) is 3.13. The SMILES string of the molecule is CCn1cc(CN2CCCC(N3CCN(c4cccc(C(F)(F)F)c4)CC3)C2)c(C)n1. The molecule has 2 aliphatic heterocycles. The second kappa shape index (κ2) is 9.20. The number of likely N-dealkylation sites (tertiary alicyclic amines) is 1. The van der Waals surface area contributed by atoms with Gasteiger partial charge < -0.3 is 4.90 Å². The van der Waals surface area contributed by atoms with Gasteiger partial charge in [0.2, 0.25) is 0 Å². The Hall–Kier alpha value is -2.06. The van der Waals surface area contributed by atoms with Gasteiger partial charge in [0.05, 0.1) is 11.3 Å². The molecule has 0 N–H and O–H groups in total. The number of hydrogen-bond acceptors (Lipinski definition) is 4. The summed E-state index contributed by atoms with van der Waals surface area (Å²) in [6.45, 7) is 11.5. The Morgan fingerprint density at radius 2 is 1.87 bits per heavy atom. The maximum atomic E-state index is 13.0. The van der Waals surface area contributed by atoms with Gasteiger partial charge in [-0.15, -0.1) is 0 Å². The van der Waals surface area contributed by atoms with E-state index >= 15 is 0 Å². The van der Waals surface area contributed by atoms with Crippen LogP contribution in [0.25, 0.3) is 0 Å². The first kappa shape index (κ1) is 22.1. The molecule has 5 nitrogen and oxygen atoms in total. The summed E-state index contributed by atoms with van der Waals surface area (Å²) >= 11 is 0. The fraction of sp³-hybridized carbons (Fsp3) is 0.609. The summed E-state index contributed by atoms with van der Waals surface area (Å²) in [7, 11) is 0. The number of hydrogen-bond donors (Lipinski definition) is 0. The van der Waals surface area contributed by atoms with Crippen molar-refractivity contribution < 1.29 is 13.2 Å². The van der Waals surface area contributed by atoms with Gasteiger partial charge in [-0.1, -0.05) is 6.07 Å². The molecule has 2 saturated heterocycles. The highest BCUT2D eigenvalue weighted by molar-refractivity contribution is 5.49. The highest BCUT2D eigenvalue weighted by Gasteiger charge is 2.32. The Balaban J connectivity index is 1.33. The summed E-state index contributed by atoms with van der Waals surface area (Å²) in [6, 6.07) is 6.22. The monoisotopic (exact) mass is 435 g/mol. The summed E-state index contributed by atoms with van der Waals surface area (Å²) < 4.78 is 41.1. The molecule has 1 unspecified atom stereocenters. The molecule has 2 aromatic rings. The Kier molecular flexibility index (Phi) is 6.57. The lowest BCUT2D eigenvalue weighted by Crippen LogP contribution is -2.55. The molecule has 0 aliphatic carbocycles. The van der Waals surface area contributed by atoms with E-state index in [9.17, 15) is 13.2 Å². The van der Waals surface area contributed by atoms with E-state index in [1.807, 2.05) is 4.68 Å². The zero-order valence-electron chi connectivity index (χ0n) is 18.4. The number of benzene rings is 1. The van der Waals surface area contributed by atoms with Gasteiger partial charge in [-0.25, -0.2) is 0 Å². The third-order valence-electron chi connectivity index (χ3n) is 6.62. The largest absolute Gasteiger partial charge is 0.416 e. The second-order valence-electron chi connectivity index (χ2n) is 8.70. The molecule has 31 heavy (non-hydrogen) atoms. The van der Waals surface area contributed by atoms with E-state index in [2.05, 4.69) is 39.8 Å². The van der Waals surface area contributed by atoms with Crippen molar-refractivity contribution in [2.45, 2.75) is 52.0 Å². The molecule has 1 atom stereocenters. The highest BCUT2D eigenvalue weighted by atomic mass is 19.4. The fourth-order valence-electron chi connectivity index (χ4n) is 4.81. The number of alkyl halides is 3. The third kappa shape index (κ3) is 5.23. The van der Waals surface area contributed by atoms with Crippen molar-refractivity contribution in [2.75, 3.05) is 44.2 Å². The van der Waals surface area contributed by atoms with E-state index in [1.165, 1.54) is 30.5 Å². The van der Waals surface area contributed by atoms with E-state index in [0.29, 0.717) is 11.7 Å². The number of piperazine rings is 1. The van der Waals surface area contributed by atoms with Crippen LogP contribution in [0.5, 0.6) is 0 Å². The lowest BCUT2D eigenvalue weighted by Gasteiger charge is -2.44. The summed E-state index contributed by atoms with van der Waals surface area (Å²) in [5.41, 5.74) is 2.51. The van der Waals surface area contributed by atoms with Crippen LogP contribution < -0.4 is 4.90 Å². The van der Waals surface area contributed by atoms with Crippen LogP contribution in [0.4, 0.5) is 18.9 Å². The number of halogens is 3. The van der Waals surface area contributed by atoms with Gasteiger partial charge in [-0.2, -0.15) is 18.3 Å². The first-order valence-electron chi connectivity index (χ1n) is 11.2. The van der Waals surface area contributed by atoms with E-state index in [1.54, 1.807) is 6.07 Å². The molecule has 0 amide bonds. The van der Waals surface area contributed by atoms with Gasteiger partial charge in [0.25, 0.3) is 0 Å². The van der Waals surface area contributed by atoms with Crippen molar-refractivity contribution in [3.63, 3.8) is 0 Å². The first-order chi connectivity index (χ1) is 14.8. The number of aryl methyl sites for hydroxylation is 2. The van der Waals surface area contributed by atoms with Crippen molar-refractivity contribution in [3.05, 3.63) is 47.3 Å². The zero-order valence-corrected chi connectivity index (χ0v) is 18.4. The third-order valence-corrected chi connectivity index (χ3v) is 6.62. The number of piperidine rings is 1. The van der Waals surface area contributed by atoms with E-state index in [-0.39, 0.29) is 0 Å². The zero-order chi connectivity index (χ0) is 22.0. The van der Waals surface area contributed by atoms with Gasteiger partial charge in [-0.05, 0) is 51.4 Å². The molecule has 0 spiro atoms. The van der Waals surface area contributed by atoms with Crippen LogP contribution >= 0.6 is 0 Å². The van der Waals surface area contributed by atoms with Crippen molar-refractivity contribution in [2.24, 2.45) is 0 Å². The normalized spacial score (nSPS) is 21.6. The lowest BCUT2D eigenvalue weighted by atomic mass is 10.0. The van der Waals surface area contributed by atoms with Crippen LogP contribution in [-0.4, -0.2) is 64.9 Å². The molecule has 1 aromatic carbocycles. The van der Waals surface area contributed by atoms with E-state index in [4.69, 9.17) is 0 Å².